The maximum Gasteiger partial charge on any atom is 0.274 e. The summed E-state index contributed by atoms with van der Waals surface area (Å²) in [5, 5.41) is 13.7. The molecule has 1 amide bonds. The monoisotopic (exact) mass is 483 g/mol. The Bertz CT molecular complexity index is 1040. The highest BCUT2D eigenvalue weighted by Crippen LogP contribution is 2.27. The zero-order chi connectivity index (χ0) is 21.0. The van der Waals surface area contributed by atoms with E-state index in [1.165, 1.54) is 28.6 Å². The summed E-state index contributed by atoms with van der Waals surface area (Å²) in [6.45, 7) is 1.04. The highest BCUT2D eigenvalue weighted by atomic mass is 79.9. The van der Waals surface area contributed by atoms with Gasteiger partial charge in [0.2, 0.25) is 10.0 Å². The van der Waals surface area contributed by atoms with E-state index in [4.69, 9.17) is 4.74 Å². The first-order valence-corrected chi connectivity index (χ1v) is 10.9. The lowest BCUT2D eigenvalue weighted by molar-refractivity contribution is -0.385. The Morgan fingerprint density at radius 2 is 1.90 bits per heavy atom. The van der Waals surface area contributed by atoms with Gasteiger partial charge in [0.15, 0.2) is 0 Å². The lowest BCUT2D eigenvalue weighted by Crippen LogP contribution is -2.40. The predicted octanol–water partition coefficient (Wildman–Crippen LogP) is 2.31. The molecule has 3 rings (SSSR count). The van der Waals surface area contributed by atoms with Gasteiger partial charge in [0.05, 0.1) is 23.0 Å². The molecule has 1 heterocycles. The quantitative estimate of drug-likeness (QED) is 0.497. The molecular weight excluding hydrogens is 466 g/mol. The van der Waals surface area contributed by atoms with Crippen LogP contribution >= 0.6 is 15.9 Å². The number of hydrogen-bond acceptors (Lipinski definition) is 6. The molecule has 154 valence electrons. The number of morpholine rings is 1. The van der Waals surface area contributed by atoms with Gasteiger partial charge < -0.3 is 10.1 Å². The molecule has 1 fully saturated rings. The Hall–Kier alpha value is -2.34. The van der Waals surface area contributed by atoms with Crippen molar-refractivity contribution in [1.29, 1.82) is 0 Å². The summed E-state index contributed by atoms with van der Waals surface area (Å²) in [6, 6.07) is 10.4. The summed E-state index contributed by atoms with van der Waals surface area (Å²) in [6.07, 6.45) is 0. The third-order valence-corrected chi connectivity index (χ3v) is 7.30. The van der Waals surface area contributed by atoms with Gasteiger partial charge in [-0.25, -0.2) is 8.42 Å². The number of carbonyl (C=O) groups excluding carboxylic acids is 1. The summed E-state index contributed by atoms with van der Waals surface area (Å²) in [5.74, 6) is -0.533. The molecule has 2 aromatic rings. The lowest BCUT2D eigenvalue weighted by Gasteiger charge is -2.26. The van der Waals surface area contributed by atoms with Crippen molar-refractivity contribution >= 4 is 37.5 Å². The predicted molar refractivity (Wildman–Crippen MR) is 108 cm³/mol. The van der Waals surface area contributed by atoms with Gasteiger partial charge in [0, 0.05) is 41.3 Å². The van der Waals surface area contributed by atoms with Crippen molar-refractivity contribution in [2.45, 2.75) is 11.4 Å². The van der Waals surface area contributed by atoms with E-state index in [1.54, 1.807) is 18.2 Å². The number of nitro groups is 1. The first kappa shape index (κ1) is 21.4. The molecule has 0 bridgehead atoms. The van der Waals surface area contributed by atoms with Crippen LogP contribution in [0.25, 0.3) is 0 Å². The number of hydrogen-bond donors (Lipinski definition) is 1. The van der Waals surface area contributed by atoms with Crippen LogP contribution in [0.4, 0.5) is 5.69 Å². The van der Waals surface area contributed by atoms with E-state index in [2.05, 4.69) is 21.2 Å². The molecule has 1 N–H and O–H groups in total. The number of nitro benzene ring substituents is 1. The lowest BCUT2D eigenvalue weighted by atomic mass is 10.1. The average Bonchev–Trinajstić information content (AvgIpc) is 2.73. The molecule has 1 aliphatic heterocycles. The molecule has 9 nitrogen and oxygen atoms in total. The number of sulfonamides is 1. The van der Waals surface area contributed by atoms with E-state index in [1.807, 2.05) is 0 Å². The molecule has 2 aromatic carbocycles. The van der Waals surface area contributed by atoms with Crippen LogP contribution in [0.5, 0.6) is 0 Å². The normalized spacial score (nSPS) is 15.1. The molecule has 1 aliphatic rings. The molecule has 29 heavy (non-hydrogen) atoms. The van der Waals surface area contributed by atoms with Gasteiger partial charge >= 0.3 is 0 Å². The Kier molecular flexibility index (Phi) is 6.63. The summed E-state index contributed by atoms with van der Waals surface area (Å²) in [5.41, 5.74) is 0.391. The second-order valence-corrected chi connectivity index (χ2v) is 8.99. The van der Waals surface area contributed by atoms with Gasteiger partial charge in [0.25, 0.3) is 11.6 Å². The van der Waals surface area contributed by atoms with Crippen LogP contribution in [0.3, 0.4) is 0 Å². The summed E-state index contributed by atoms with van der Waals surface area (Å²) < 4.78 is 32.7. The van der Waals surface area contributed by atoms with Gasteiger partial charge in [-0.15, -0.1) is 0 Å². The number of amides is 1. The second-order valence-electron chi connectivity index (χ2n) is 6.23. The van der Waals surface area contributed by atoms with Crippen LogP contribution in [0.1, 0.15) is 15.9 Å². The number of nitrogens with zero attached hydrogens (tertiary/aromatic N) is 2. The van der Waals surface area contributed by atoms with Crippen LogP contribution in [0, 0.1) is 10.1 Å². The number of para-hydroxylation sites is 1. The van der Waals surface area contributed by atoms with E-state index >= 15 is 0 Å². The van der Waals surface area contributed by atoms with Crippen molar-refractivity contribution in [3.8, 4) is 0 Å². The van der Waals surface area contributed by atoms with Gasteiger partial charge in [0.1, 0.15) is 0 Å². The van der Waals surface area contributed by atoms with Gasteiger partial charge in [-0.3, -0.25) is 14.9 Å². The first-order chi connectivity index (χ1) is 13.8. The Balaban J connectivity index is 1.80. The number of rotatable bonds is 6. The molecule has 0 aromatic heterocycles. The summed E-state index contributed by atoms with van der Waals surface area (Å²) in [7, 11) is -3.80. The van der Waals surface area contributed by atoms with Crippen LogP contribution in [-0.2, 0) is 21.3 Å². The molecule has 11 heteroatoms. The molecule has 0 saturated carbocycles. The number of benzene rings is 2. The zero-order valence-electron chi connectivity index (χ0n) is 15.2. The average molecular weight is 484 g/mol. The number of carbonyl (C=O) groups is 1. The smallest absolute Gasteiger partial charge is 0.274 e. The zero-order valence-corrected chi connectivity index (χ0v) is 17.6. The van der Waals surface area contributed by atoms with E-state index in [0.29, 0.717) is 23.2 Å². The SMILES string of the molecule is O=C(NCc1ccccc1[N+](=O)[O-])c1ccc(Br)c(S(=O)(=O)N2CCOCC2)c1. The van der Waals surface area contributed by atoms with Crippen molar-refractivity contribution in [1.82, 2.24) is 9.62 Å². The number of ether oxygens (including phenoxy) is 1. The summed E-state index contributed by atoms with van der Waals surface area (Å²) >= 11 is 3.24. The molecule has 0 atom stereocenters. The second kappa shape index (κ2) is 8.99. The number of halogens is 1. The number of nitrogens with one attached hydrogen (secondary N) is 1. The maximum absolute atomic E-state index is 12.9. The Morgan fingerprint density at radius 1 is 1.21 bits per heavy atom. The standard InChI is InChI=1S/C18H18BrN3O6S/c19-15-6-5-13(11-17(15)29(26,27)21-7-9-28-10-8-21)18(23)20-12-14-3-1-2-4-16(14)22(24)25/h1-6,11H,7-10,12H2,(H,20,23). The first-order valence-electron chi connectivity index (χ1n) is 8.68. The van der Waals surface area contributed by atoms with Gasteiger partial charge in [-0.1, -0.05) is 18.2 Å². The minimum absolute atomic E-state index is 0.0160. The molecular formula is C18H18BrN3O6S. The van der Waals surface area contributed by atoms with Crippen molar-refractivity contribution < 1.29 is 22.9 Å². The molecule has 0 unspecified atom stereocenters. The van der Waals surface area contributed by atoms with E-state index in [9.17, 15) is 23.3 Å². The van der Waals surface area contributed by atoms with Crippen LogP contribution in [0.15, 0.2) is 51.8 Å². The molecule has 0 spiro atoms. The van der Waals surface area contributed by atoms with Crippen molar-refractivity contribution in [3.05, 3.63) is 68.2 Å². The fraction of sp³-hybridized carbons (Fsp3) is 0.278. The fourth-order valence-electron chi connectivity index (χ4n) is 2.88. The molecule has 0 radical (unpaired) electrons. The highest BCUT2D eigenvalue weighted by molar-refractivity contribution is 9.10. The van der Waals surface area contributed by atoms with Gasteiger partial charge in [-0.2, -0.15) is 4.31 Å². The van der Waals surface area contributed by atoms with Crippen LogP contribution < -0.4 is 5.32 Å². The minimum atomic E-state index is -3.80. The molecule has 1 saturated heterocycles. The van der Waals surface area contributed by atoms with Crippen molar-refractivity contribution in [2.24, 2.45) is 0 Å². The minimum Gasteiger partial charge on any atom is -0.379 e. The van der Waals surface area contributed by atoms with Crippen LogP contribution in [0.2, 0.25) is 0 Å². The van der Waals surface area contributed by atoms with Gasteiger partial charge in [-0.05, 0) is 34.1 Å². The topological polar surface area (TPSA) is 119 Å². The maximum atomic E-state index is 12.9. The van der Waals surface area contributed by atoms with Crippen molar-refractivity contribution in [2.75, 3.05) is 26.3 Å². The Morgan fingerprint density at radius 3 is 2.59 bits per heavy atom. The molecule has 0 aliphatic carbocycles. The summed E-state index contributed by atoms with van der Waals surface area (Å²) in [4.78, 5) is 23.1. The van der Waals surface area contributed by atoms with Crippen molar-refractivity contribution in [3.63, 3.8) is 0 Å². The van der Waals surface area contributed by atoms with E-state index < -0.39 is 20.9 Å². The third kappa shape index (κ3) is 4.81. The van der Waals surface area contributed by atoms with Crippen LogP contribution in [-0.4, -0.2) is 49.9 Å². The van der Waals surface area contributed by atoms with E-state index in [0.717, 1.165) is 0 Å². The largest absolute Gasteiger partial charge is 0.379 e. The highest BCUT2D eigenvalue weighted by Gasteiger charge is 2.29. The Labute approximate surface area is 176 Å². The van der Waals surface area contributed by atoms with E-state index in [-0.39, 0.29) is 35.8 Å². The third-order valence-electron chi connectivity index (χ3n) is 4.41. The fourth-order valence-corrected chi connectivity index (χ4v) is 5.24.